The Labute approximate surface area is 158 Å². The van der Waals surface area contributed by atoms with Crippen molar-refractivity contribution >= 4 is 38.2 Å². The first-order valence-electron chi connectivity index (χ1n) is 8.40. The van der Waals surface area contributed by atoms with Gasteiger partial charge in [-0.3, -0.25) is 4.79 Å². The monoisotopic (exact) mass is 383 g/mol. The molecule has 140 valence electrons. The molecular weight excluding hydrogens is 362 g/mol. The van der Waals surface area contributed by atoms with Gasteiger partial charge in [0.1, 0.15) is 5.82 Å². The summed E-state index contributed by atoms with van der Waals surface area (Å²) in [7, 11) is -3.50. The number of fused-ring (bicyclic) bond motifs is 1. The molecule has 0 radical (unpaired) electrons. The zero-order chi connectivity index (χ0) is 19.8. The maximum absolute atomic E-state index is 12.4. The van der Waals surface area contributed by atoms with Gasteiger partial charge in [0.05, 0.1) is 22.6 Å². The van der Waals surface area contributed by atoms with Crippen molar-refractivity contribution < 1.29 is 13.2 Å². The Balaban J connectivity index is 2.09. The summed E-state index contributed by atoms with van der Waals surface area (Å²) in [5.74, 6) is 0.173. The molecular formula is C20H21N3O3S. The molecule has 6 nitrogen and oxygen atoms in total. The van der Waals surface area contributed by atoms with Gasteiger partial charge in [0.2, 0.25) is 5.91 Å². The molecule has 0 saturated carbocycles. The summed E-state index contributed by atoms with van der Waals surface area (Å²) in [6.07, 6.45) is 1.15. The summed E-state index contributed by atoms with van der Waals surface area (Å²) in [5.41, 5.74) is 8.30. The summed E-state index contributed by atoms with van der Waals surface area (Å²) in [6, 6.07) is 14.4. The largest absolute Gasteiger partial charge is 0.384 e. The Kier molecular flexibility index (Phi) is 4.89. The SMILES string of the molecule is CC(=O)N(Cc1ccc2ccc(N)nc2c1)c1cccc(C)c1S(C)(=O)=O. The second-order valence-electron chi connectivity index (χ2n) is 6.56. The van der Waals surface area contributed by atoms with Gasteiger partial charge in [-0.15, -0.1) is 0 Å². The number of nitrogens with zero attached hydrogens (tertiary/aromatic N) is 2. The fraction of sp³-hybridized carbons (Fsp3) is 0.200. The number of rotatable bonds is 4. The number of carbonyl (C=O) groups is 1. The number of hydrogen-bond donors (Lipinski definition) is 1. The molecule has 3 aromatic rings. The number of nitrogen functional groups attached to an aromatic ring is 1. The molecule has 0 aliphatic heterocycles. The smallest absolute Gasteiger partial charge is 0.224 e. The van der Waals surface area contributed by atoms with Crippen LogP contribution in [0.25, 0.3) is 10.9 Å². The average Bonchev–Trinajstić information content (AvgIpc) is 2.57. The number of pyridine rings is 1. The molecule has 7 heteroatoms. The number of sulfone groups is 1. The normalized spacial score (nSPS) is 11.5. The standard InChI is InChI=1S/C20H21N3O3S/c1-13-5-4-6-18(20(13)27(3,25)26)23(14(2)24)12-15-7-8-16-9-10-19(21)22-17(16)11-15/h4-11H,12H2,1-3H3,(H2,21,22). The highest BCUT2D eigenvalue weighted by atomic mass is 32.2. The Hall–Kier alpha value is -2.93. The van der Waals surface area contributed by atoms with Crippen molar-refractivity contribution in [1.82, 2.24) is 4.98 Å². The van der Waals surface area contributed by atoms with Crippen LogP contribution in [-0.4, -0.2) is 25.6 Å². The molecule has 1 heterocycles. The first kappa shape index (κ1) is 18.8. The van der Waals surface area contributed by atoms with Crippen LogP contribution >= 0.6 is 0 Å². The molecule has 0 bridgehead atoms. The van der Waals surface area contributed by atoms with Gasteiger partial charge in [-0.2, -0.15) is 0 Å². The van der Waals surface area contributed by atoms with Crippen molar-refractivity contribution in [3.63, 3.8) is 0 Å². The van der Waals surface area contributed by atoms with E-state index in [1.807, 2.05) is 24.3 Å². The zero-order valence-corrected chi connectivity index (χ0v) is 16.2. The number of benzene rings is 2. The van der Waals surface area contributed by atoms with E-state index in [4.69, 9.17) is 5.73 Å². The molecule has 0 aliphatic carbocycles. The lowest BCUT2D eigenvalue weighted by molar-refractivity contribution is -0.116. The topological polar surface area (TPSA) is 93.4 Å². The first-order chi connectivity index (χ1) is 12.7. The van der Waals surface area contributed by atoms with Crippen molar-refractivity contribution in [1.29, 1.82) is 0 Å². The minimum atomic E-state index is -3.50. The van der Waals surface area contributed by atoms with Crippen LogP contribution in [0.3, 0.4) is 0 Å². The number of carbonyl (C=O) groups excluding carboxylic acids is 1. The Morgan fingerprint density at radius 1 is 1.15 bits per heavy atom. The maximum atomic E-state index is 12.4. The van der Waals surface area contributed by atoms with Crippen LogP contribution in [0.15, 0.2) is 53.4 Å². The highest BCUT2D eigenvalue weighted by Crippen LogP contribution is 2.30. The van der Waals surface area contributed by atoms with Gasteiger partial charge in [0.15, 0.2) is 9.84 Å². The van der Waals surface area contributed by atoms with Gasteiger partial charge in [-0.05, 0) is 42.3 Å². The number of amides is 1. The third-order valence-corrected chi connectivity index (χ3v) is 5.62. The van der Waals surface area contributed by atoms with E-state index < -0.39 is 9.84 Å². The number of aromatic nitrogens is 1. The van der Waals surface area contributed by atoms with E-state index in [0.29, 0.717) is 17.1 Å². The predicted molar refractivity (Wildman–Crippen MR) is 107 cm³/mol. The molecule has 1 aromatic heterocycles. The van der Waals surface area contributed by atoms with Crippen LogP contribution in [0.2, 0.25) is 0 Å². The quantitative estimate of drug-likeness (QED) is 0.747. The number of nitrogens with two attached hydrogens (primary N) is 1. The first-order valence-corrected chi connectivity index (χ1v) is 10.3. The van der Waals surface area contributed by atoms with Crippen molar-refractivity contribution in [2.45, 2.75) is 25.3 Å². The molecule has 0 spiro atoms. The van der Waals surface area contributed by atoms with E-state index >= 15 is 0 Å². The van der Waals surface area contributed by atoms with Gasteiger partial charge >= 0.3 is 0 Å². The Morgan fingerprint density at radius 2 is 1.85 bits per heavy atom. The highest BCUT2D eigenvalue weighted by molar-refractivity contribution is 7.91. The highest BCUT2D eigenvalue weighted by Gasteiger charge is 2.23. The maximum Gasteiger partial charge on any atom is 0.224 e. The molecule has 2 aromatic carbocycles. The molecule has 0 fully saturated rings. The molecule has 1 amide bonds. The Bertz CT molecular complexity index is 1140. The van der Waals surface area contributed by atoms with Gasteiger partial charge < -0.3 is 10.6 Å². The van der Waals surface area contributed by atoms with Gasteiger partial charge in [-0.1, -0.05) is 24.3 Å². The molecule has 27 heavy (non-hydrogen) atoms. The van der Waals surface area contributed by atoms with Crippen molar-refractivity contribution in [2.24, 2.45) is 0 Å². The van der Waals surface area contributed by atoms with Crippen LogP contribution in [-0.2, 0) is 21.2 Å². The van der Waals surface area contributed by atoms with Crippen LogP contribution in [0.5, 0.6) is 0 Å². The van der Waals surface area contributed by atoms with Gasteiger partial charge in [0, 0.05) is 18.6 Å². The lowest BCUT2D eigenvalue weighted by Gasteiger charge is -2.24. The van der Waals surface area contributed by atoms with Crippen LogP contribution < -0.4 is 10.6 Å². The number of anilines is 2. The summed E-state index contributed by atoms with van der Waals surface area (Å²) in [6.45, 7) is 3.38. The molecule has 2 N–H and O–H groups in total. The lowest BCUT2D eigenvalue weighted by atomic mass is 10.1. The van der Waals surface area contributed by atoms with E-state index in [2.05, 4.69) is 4.98 Å². The number of hydrogen-bond acceptors (Lipinski definition) is 5. The van der Waals surface area contributed by atoms with E-state index in [9.17, 15) is 13.2 Å². The second kappa shape index (κ2) is 7.00. The average molecular weight is 383 g/mol. The van der Waals surface area contributed by atoms with Gasteiger partial charge in [0.25, 0.3) is 0 Å². The van der Waals surface area contributed by atoms with Crippen molar-refractivity contribution in [3.05, 3.63) is 59.7 Å². The van der Waals surface area contributed by atoms with E-state index in [0.717, 1.165) is 22.7 Å². The van der Waals surface area contributed by atoms with E-state index in [1.54, 1.807) is 31.2 Å². The predicted octanol–water partition coefficient (Wildman–Crippen LogP) is 3.08. The van der Waals surface area contributed by atoms with Gasteiger partial charge in [-0.25, -0.2) is 13.4 Å². The molecule has 3 rings (SSSR count). The molecule has 0 atom stereocenters. The second-order valence-corrected chi connectivity index (χ2v) is 8.52. The summed E-state index contributed by atoms with van der Waals surface area (Å²) >= 11 is 0. The summed E-state index contributed by atoms with van der Waals surface area (Å²) in [5, 5.41) is 0.940. The summed E-state index contributed by atoms with van der Waals surface area (Å²) in [4.78, 5) is 18.3. The fourth-order valence-corrected chi connectivity index (χ4v) is 4.37. The van der Waals surface area contributed by atoms with E-state index in [1.165, 1.54) is 11.8 Å². The minimum Gasteiger partial charge on any atom is -0.384 e. The number of aryl methyl sites for hydroxylation is 1. The molecule has 0 unspecified atom stereocenters. The molecule has 0 saturated heterocycles. The van der Waals surface area contributed by atoms with E-state index in [-0.39, 0.29) is 17.3 Å². The van der Waals surface area contributed by atoms with Crippen LogP contribution in [0, 0.1) is 6.92 Å². The Morgan fingerprint density at radius 3 is 2.52 bits per heavy atom. The third kappa shape index (κ3) is 3.93. The fourth-order valence-electron chi connectivity index (χ4n) is 3.16. The van der Waals surface area contributed by atoms with Crippen molar-refractivity contribution in [2.75, 3.05) is 16.9 Å². The van der Waals surface area contributed by atoms with Crippen LogP contribution in [0.4, 0.5) is 11.5 Å². The third-order valence-electron chi connectivity index (χ3n) is 4.35. The minimum absolute atomic E-state index is 0.170. The zero-order valence-electron chi connectivity index (χ0n) is 15.4. The lowest BCUT2D eigenvalue weighted by Crippen LogP contribution is -2.29. The van der Waals surface area contributed by atoms with Crippen LogP contribution in [0.1, 0.15) is 18.1 Å². The summed E-state index contributed by atoms with van der Waals surface area (Å²) < 4.78 is 24.6. The van der Waals surface area contributed by atoms with Crippen molar-refractivity contribution in [3.8, 4) is 0 Å². The molecule has 0 aliphatic rings.